The van der Waals surface area contributed by atoms with Crippen LogP contribution in [0.15, 0.2) is 54.7 Å². The SMILES string of the molecule is [C-]#[N+]c1cc(-c2cnc(-c3cc(C)cc(C)c3)c(-c3cc(C)cc(C)c3)n2)c(C)cc1C#N. The summed E-state index contributed by atoms with van der Waals surface area (Å²) in [4.78, 5) is 13.5. The molecule has 0 aliphatic heterocycles. The molecule has 0 unspecified atom stereocenters. The third kappa shape index (κ3) is 4.38. The molecule has 0 saturated heterocycles. The van der Waals surface area contributed by atoms with Gasteiger partial charge in [0.2, 0.25) is 5.69 Å². The molecular formula is C29H24N4. The smallest absolute Gasteiger partial charge is 0.205 e. The van der Waals surface area contributed by atoms with Gasteiger partial charge in [0, 0.05) is 11.1 Å². The highest BCUT2D eigenvalue weighted by molar-refractivity contribution is 5.82. The van der Waals surface area contributed by atoms with Gasteiger partial charge in [-0.25, -0.2) is 9.83 Å². The van der Waals surface area contributed by atoms with Crippen molar-refractivity contribution in [3.63, 3.8) is 0 Å². The van der Waals surface area contributed by atoms with Crippen LogP contribution in [0.25, 0.3) is 38.6 Å². The minimum absolute atomic E-state index is 0.325. The Hall–Kier alpha value is -4.28. The van der Waals surface area contributed by atoms with E-state index in [0.717, 1.165) is 44.8 Å². The van der Waals surface area contributed by atoms with Gasteiger partial charge in [-0.05, 0) is 76.1 Å². The van der Waals surface area contributed by atoms with E-state index in [1.54, 1.807) is 18.3 Å². The molecule has 0 bridgehead atoms. The van der Waals surface area contributed by atoms with E-state index < -0.39 is 0 Å². The molecular weight excluding hydrogens is 404 g/mol. The summed E-state index contributed by atoms with van der Waals surface area (Å²) < 4.78 is 0. The number of aryl methyl sites for hydroxylation is 5. The van der Waals surface area contributed by atoms with Crippen molar-refractivity contribution in [2.24, 2.45) is 0 Å². The van der Waals surface area contributed by atoms with Crippen molar-refractivity contribution in [1.29, 1.82) is 5.26 Å². The lowest BCUT2D eigenvalue weighted by atomic mass is 9.97. The Morgan fingerprint density at radius 3 is 1.82 bits per heavy atom. The van der Waals surface area contributed by atoms with Crippen LogP contribution < -0.4 is 0 Å². The normalized spacial score (nSPS) is 10.5. The van der Waals surface area contributed by atoms with E-state index in [2.05, 4.69) is 75.0 Å². The van der Waals surface area contributed by atoms with E-state index in [1.165, 1.54) is 11.1 Å². The molecule has 0 aliphatic carbocycles. The molecule has 0 radical (unpaired) electrons. The fraction of sp³-hybridized carbons (Fsp3) is 0.172. The Bertz CT molecular complexity index is 1440. The fourth-order valence-corrected chi connectivity index (χ4v) is 4.31. The molecule has 160 valence electrons. The highest BCUT2D eigenvalue weighted by atomic mass is 14.8. The average molecular weight is 429 g/mol. The van der Waals surface area contributed by atoms with E-state index in [4.69, 9.17) is 16.5 Å². The lowest BCUT2D eigenvalue weighted by molar-refractivity contribution is 1.20. The van der Waals surface area contributed by atoms with Crippen molar-refractivity contribution in [2.45, 2.75) is 34.6 Å². The van der Waals surface area contributed by atoms with Crippen LogP contribution in [0.1, 0.15) is 33.4 Å². The highest BCUT2D eigenvalue weighted by Crippen LogP contribution is 2.35. The van der Waals surface area contributed by atoms with Gasteiger partial charge in [0.1, 0.15) is 0 Å². The number of rotatable bonds is 3. The molecule has 0 aliphatic rings. The number of hydrogen-bond acceptors (Lipinski definition) is 3. The second-order valence-electron chi connectivity index (χ2n) is 8.61. The van der Waals surface area contributed by atoms with Gasteiger partial charge in [0.25, 0.3) is 0 Å². The predicted octanol–water partition coefficient (Wildman–Crippen LogP) is 7.44. The summed E-state index contributed by atoms with van der Waals surface area (Å²) in [7, 11) is 0. The Labute approximate surface area is 195 Å². The maximum Gasteiger partial charge on any atom is 0.205 e. The summed E-state index contributed by atoms with van der Waals surface area (Å²) in [5.41, 5.74) is 11.4. The molecule has 4 heteroatoms. The van der Waals surface area contributed by atoms with E-state index in [-0.39, 0.29) is 0 Å². The zero-order valence-electron chi connectivity index (χ0n) is 19.5. The molecule has 0 spiro atoms. The van der Waals surface area contributed by atoms with Crippen LogP contribution in [0.4, 0.5) is 5.69 Å². The Morgan fingerprint density at radius 2 is 1.30 bits per heavy atom. The third-order valence-electron chi connectivity index (χ3n) is 5.62. The maximum atomic E-state index is 9.37. The van der Waals surface area contributed by atoms with Gasteiger partial charge in [0.05, 0.1) is 41.5 Å². The summed E-state index contributed by atoms with van der Waals surface area (Å²) in [6.45, 7) is 17.7. The number of aromatic nitrogens is 2. The van der Waals surface area contributed by atoms with Gasteiger partial charge in [0.15, 0.2) is 0 Å². The van der Waals surface area contributed by atoms with Crippen molar-refractivity contribution in [2.75, 3.05) is 0 Å². The van der Waals surface area contributed by atoms with Crippen molar-refractivity contribution in [3.05, 3.63) is 99.5 Å². The standard InChI is InChI=1S/C29H24N4/c1-17-7-18(2)10-22(9-17)28-29(23-11-19(3)8-20(4)12-23)33-27(16-32-28)25-14-26(31-6)24(15-30)13-21(25)5/h7-14,16H,1-5H3. The summed E-state index contributed by atoms with van der Waals surface area (Å²) in [6, 6.07) is 18.4. The van der Waals surface area contributed by atoms with Crippen molar-refractivity contribution >= 4 is 5.69 Å². The second kappa shape index (κ2) is 8.69. The lowest BCUT2D eigenvalue weighted by Crippen LogP contribution is -1.99. The van der Waals surface area contributed by atoms with Crippen LogP contribution in [0.5, 0.6) is 0 Å². The summed E-state index contributed by atoms with van der Waals surface area (Å²) in [5, 5.41) is 9.37. The first-order chi connectivity index (χ1) is 15.8. The quantitative estimate of drug-likeness (QED) is 0.319. The molecule has 0 amide bonds. The third-order valence-corrected chi connectivity index (χ3v) is 5.62. The summed E-state index contributed by atoms with van der Waals surface area (Å²) >= 11 is 0. The molecule has 0 saturated carbocycles. The molecule has 4 aromatic rings. The van der Waals surface area contributed by atoms with E-state index in [9.17, 15) is 5.26 Å². The van der Waals surface area contributed by atoms with Crippen LogP contribution in [0.3, 0.4) is 0 Å². The molecule has 4 nitrogen and oxygen atoms in total. The van der Waals surface area contributed by atoms with E-state index in [1.807, 2.05) is 6.92 Å². The predicted molar refractivity (Wildman–Crippen MR) is 133 cm³/mol. The van der Waals surface area contributed by atoms with Crippen LogP contribution >= 0.6 is 0 Å². The van der Waals surface area contributed by atoms with Crippen molar-refractivity contribution in [1.82, 2.24) is 9.97 Å². The monoisotopic (exact) mass is 428 g/mol. The molecule has 0 N–H and O–H groups in total. The molecule has 1 heterocycles. The second-order valence-corrected chi connectivity index (χ2v) is 8.61. The zero-order valence-corrected chi connectivity index (χ0v) is 19.5. The topological polar surface area (TPSA) is 53.9 Å². The molecule has 0 atom stereocenters. The Morgan fingerprint density at radius 1 is 0.758 bits per heavy atom. The number of nitriles is 1. The van der Waals surface area contributed by atoms with Gasteiger partial charge < -0.3 is 0 Å². The van der Waals surface area contributed by atoms with Crippen molar-refractivity contribution < 1.29 is 0 Å². The minimum Gasteiger partial charge on any atom is -0.252 e. The van der Waals surface area contributed by atoms with Gasteiger partial charge in [-0.2, -0.15) is 5.26 Å². The lowest BCUT2D eigenvalue weighted by Gasteiger charge is -2.14. The van der Waals surface area contributed by atoms with E-state index in [0.29, 0.717) is 16.9 Å². The van der Waals surface area contributed by atoms with Crippen molar-refractivity contribution in [3.8, 4) is 39.8 Å². The minimum atomic E-state index is 0.325. The van der Waals surface area contributed by atoms with Gasteiger partial charge in [-0.15, -0.1) is 0 Å². The average Bonchev–Trinajstić information content (AvgIpc) is 2.77. The molecule has 4 rings (SSSR count). The summed E-state index contributed by atoms with van der Waals surface area (Å²) in [5.74, 6) is 0. The zero-order chi connectivity index (χ0) is 23.7. The summed E-state index contributed by atoms with van der Waals surface area (Å²) in [6.07, 6.45) is 1.77. The van der Waals surface area contributed by atoms with Gasteiger partial charge >= 0.3 is 0 Å². The first-order valence-corrected chi connectivity index (χ1v) is 10.8. The van der Waals surface area contributed by atoms with E-state index >= 15 is 0 Å². The van der Waals surface area contributed by atoms with Crippen LogP contribution in [0, 0.1) is 52.5 Å². The molecule has 3 aromatic carbocycles. The number of benzene rings is 3. The Kier molecular flexibility index (Phi) is 5.78. The molecule has 0 fully saturated rings. The van der Waals surface area contributed by atoms with Gasteiger partial charge in [-0.3, -0.25) is 4.98 Å². The maximum absolute atomic E-state index is 9.37. The van der Waals surface area contributed by atoms with Crippen LogP contribution in [-0.4, -0.2) is 9.97 Å². The fourth-order valence-electron chi connectivity index (χ4n) is 4.31. The molecule has 33 heavy (non-hydrogen) atoms. The Balaban J connectivity index is 2.01. The first-order valence-electron chi connectivity index (χ1n) is 10.8. The van der Waals surface area contributed by atoms with Gasteiger partial charge in [-0.1, -0.05) is 40.5 Å². The van der Waals surface area contributed by atoms with Crippen LogP contribution in [0.2, 0.25) is 0 Å². The molecule has 1 aromatic heterocycles. The first kappa shape index (κ1) is 21.9. The number of nitrogens with zero attached hydrogens (tertiary/aromatic N) is 4. The largest absolute Gasteiger partial charge is 0.252 e. The number of hydrogen-bond donors (Lipinski definition) is 0. The highest BCUT2D eigenvalue weighted by Gasteiger charge is 2.17. The van der Waals surface area contributed by atoms with Crippen LogP contribution in [-0.2, 0) is 0 Å².